The lowest BCUT2D eigenvalue weighted by Gasteiger charge is -2.52. The minimum absolute atomic E-state index is 0.102. The molecule has 204 valence electrons. The molecule has 3 saturated carbocycles. The number of fused-ring (bicyclic) bond motifs is 2. The van der Waals surface area contributed by atoms with E-state index >= 15 is 0 Å². The predicted octanol–water partition coefficient (Wildman–Crippen LogP) is 5.57. The van der Waals surface area contributed by atoms with Crippen molar-refractivity contribution in [2.75, 3.05) is 23.4 Å². The third kappa shape index (κ3) is 6.44. The molecule has 0 aliphatic heterocycles. The van der Waals surface area contributed by atoms with Crippen LogP contribution in [0.2, 0.25) is 0 Å². The Morgan fingerprint density at radius 1 is 1.08 bits per heavy atom. The van der Waals surface area contributed by atoms with Crippen LogP contribution in [-0.4, -0.2) is 46.1 Å². The second-order valence-corrected chi connectivity index (χ2v) is 12.8. The zero-order valence-electron chi connectivity index (χ0n) is 22.7. The average Bonchev–Trinajstić information content (AvgIpc) is 2.93. The molecular weight excluding hydrogens is 492 g/mol. The number of hydrogen-bond acceptors (Lipinski definition) is 8. The molecule has 2 unspecified atom stereocenters. The number of nitrogens with one attached hydrogen (secondary N) is 3. The van der Waals surface area contributed by atoms with E-state index in [2.05, 4.69) is 58.4 Å². The van der Waals surface area contributed by atoms with Crippen molar-refractivity contribution >= 4 is 23.5 Å². The van der Waals surface area contributed by atoms with Gasteiger partial charge in [0, 0.05) is 30.1 Å². The standard InChI is InChI=1S/C30H42N6OS/c1-30(14-20-7-5-8-21(15-30)27(20)35-24-10-12-25(37)13-11-24)19-34-28-23(16-31)18-33-29(36-28)32-17-22-6-3-4-9-26(22)38-2/h3-4,6,9,18,20-21,24-25,27,35,37H,5,7-8,10-15,17,19H2,1-2H3,(H2,32,33,34,36)/t20-,21+,24?,25?,27?,30?. The van der Waals surface area contributed by atoms with Crippen molar-refractivity contribution in [3.8, 4) is 6.07 Å². The number of thioether (sulfide) groups is 1. The van der Waals surface area contributed by atoms with Crippen LogP contribution in [0.1, 0.15) is 75.8 Å². The molecule has 0 saturated heterocycles. The summed E-state index contributed by atoms with van der Waals surface area (Å²) in [6.07, 6.45) is 14.0. The highest BCUT2D eigenvalue weighted by molar-refractivity contribution is 7.98. The summed E-state index contributed by atoms with van der Waals surface area (Å²) in [6.45, 7) is 3.85. The number of aromatic nitrogens is 2. The lowest BCUT2D eigenvalue weighted by atomic mass is 9.58. The Morgan fingerprint density at radius 2 is 1.82 bits per heavy atom. The van der Waals surface area contributed by atoms with Gasteiger partial charge in [-0.3, -0.25) is 0 Å². The van der Waals surface area contributed by atoms with E-state index in [0.29, 0.717) is 47.8 Å². The third-order valence-electron chi connectivity index (χ3n) is 9.02. The highest BCUT2D eigenvalue weighted by atomic mass is 32.2. The quantitative estimate of drug-likeness (QED) is 0.309. The van der Waals surface area contributed by atoms with Crippen LogP contribution in [0.15, 0.2) is 35.4 Å². The van der Waals surface area contributed by atoms with Crippen LogP contribution in [0.25, 0.3) is 0 Å². The lowest BCUT2D eigenvalue weighted by molar-refractivity contribution is 0.0247. The molecule has 3 fully saturated rings. The van der Waals surface area contributed by atoms with E-state index in [-0.39, 0.29) is 11.5 Å². The Kier molecular flexibility index (Phi) is 8.77. The fraction of sp³-hybridized carbons (Fsp3) is 0.633. The van der Waals surface area contributed by atoms with Gasteiger partial charge in [-0.2, -0.15) is 10.2 Å². The number of nitrogens with zero attached hydrogens (tertiary/aromatic N) is 3. The lowest BCUT2D eigenvalue weighted by Crippen LogP contribution is -2.56. The molecule has 4 atom stereocenters. The van der Waals surface area contributed by atoms with Gasteiger partial charge in [-0.25, -0.2) is 4.98 Å². The van der Waals surface area contributed by atoms with Gasteiger partial charge in [0.05, 0.1) is 12.3 Å². The summed E-state index contributed by atoms with van der Waals surface area (Å²) >= 11 is 1.73. The number of anilines is 2. The molecule has 8 heteroatoms. The van der Waals surface area contributed by atoms with Crippen LogP contribution in [0.3, 0.4) is 0 Å². The maximum atomic E-state index is 9.91. The zero-order valence-corrected chi connectivity index (χ0v) is 23.6. The third-order valence-corrected chi connectivity index (χ3v) is 9.86. The molecule has 0 radical (unpaired) electrons. The highest BCUT2D eigenvalue weighted by Gasteiger charge is 2.46. The maximum Gasteiger partial charge on any atom is 0.224 e. The minimum Gasteiger partial charge on any atom is -0.393 e. The van der Waals surface area contributed by atoms with Gasteiger partial charge in [0.1, 0.15) is 17.5 Å². The first kappa shape index (κ1) is 27.2. The van der Waals surface area contributed by atoms with E-state index in [1.54, 1.807) is 18.0 Å². The number of aliphatic hydroxyl groups excluding tert-OH is 1. The van der Waals surface area contributed by atoms with Gasteiger partial charge >= 0.3 is 0 Å². The number of nitriles is 1. The van der Waals surface area contributed by atoms with Crippen molar-refractivity contribution < 1.29 is 5.11 Å². The van der Waals surface area contributed by atoms with Gasteiger partial charge in [-0.1, -0.05) is 31.5 Å². The Labute approximate surface area is 231 Å². The SMILES string of the molecule is CSc1ccccc1CNc1ncc(C#N)c(NCC2(C)C[C@H]3CCC[C@@H](C2)C3NC2CCC(O)CC2)n1. The minimum atomic E-state index is -0.102. The Morgan fingerprint density at radius 3 is 2.53 bits per heavy atom. The largest absolute Gasteiger partial charge is 0.393 e. The topological polar surface area (TPSA) is 106 Å². The van der Waals surface area contributed by atoms with Gasteiger partial charge in [0.15, 0.2) is 0 Å². The molecule has 0 amide bonds. The molecule has 5 rings (SSSR count). The summed E-state index contributed by atoms with van der Waals surface area (Å²) in [4.78, 5) is 10.3. The first-order valence-corrected chi connectivity index (χ1v) is 15.5. The Bertz CT molecular complexity index is 1110. The van der Waals surface area contributed by atoms with Gasteiger partial charge in [-0.05, 0) is 86.5 Å². The molecule has 0 spiro atoms. The van der Waals surface area contributed by atoms with E-state index in [0.717, 1.165) is 32.2 Å². The number of rotatable bonds is 9. The van der Waals surface area contributed by atoms with Crippen LogP contribution in [-0.2, 0) is 6.54 Å². The molecule has 2 aromatic rings. The number of benzene rings is 1. The summed E-state index contributed by atoms with van der Waals surface area (Å²) in [7, 11) is 0. The Hall–Kier alpha value is -2.34. The van der Waals surface area contributed by atoms with Crippen LogP contribution in [0.5, 0.6) is 0 Å². The van der Waals surface area contributed by atoms with Crippen molar-refractivity contribution in [3.63, 3.8) is 0 Å². The van der Waals surface area contributed by atoms with Crippen molar-refractivity contribution in [2.24, 2.45) is 17.3 Å². The zero-order chi connectivity index (χ0) is 26.5. The number of hydrogen-bond donors (Lipinski definition) is 4. The smallest absolute Gasteiger partial charge is 0.224 e. The van der Waals surface area contributed by atoms with Gasteiger partial charge < -0.3 is 21.1 Å². The molecule has 1 aromatic heterocycles. The highest BCUT2D eigenvalue weighted by Crippen LogP contribution is 2.49. The van der Waals surface area contributed by atoms with Crippen LogP contribution in [0, 0.1) is 28.6 Å². The van der Waals surface area contributed by atoms with Crippen molar-refractivity contribution in [3.05, 3.63) is 41.6 Å². The molecular formula is C30H42N6OS. The van der Waals surface area contributed by atoms with Crippen LogP contribution in [0.4, 0.5) is 11.8 Å². The summed E-state index contributed by atoms with van der Waals surface area (Å²) in [5.41, 5.74) is 1.86. The summed E-state index contributed by atoms with van der Waals surface area (Å²) < 4.78 is 0. The molecule has 4 N–H and O–H groups in total. The Balaban J connectivity index is 1.21. The van der Waals surface area contributed by atoms with Crippen molar-refractivity contribution in [2.45, 2.75) is 94.3 Å². The molecule has 7 nitrogen and oxygen atoms in total. The summed E-state index contributed by atoms with van der Waals surface area (Å²) in [5.74, 6) is 2.54. The maximum absolute atomic E-state index is 9.91. The summed E-state index contributed by atoms with van der Waals surface area (Å²) in [5, 5.41) is 30.6. The van der Waals surface area contributed by atoms with Gasteiger partial charge in [0.25, 0.3) is 0 Å². The van der Waals surface area contributed by atoms with E-state index in [1.165, 1.54) is 42.6 Å². The predicted molar refractivity (Wildman–Crippen MR) is 154 cm³/mol. The number of aliphatic hydroxyl groups is 1. The molecule has 3 aliphatic rings. The van der Waals surface area contributed by atoms with Crippen LogP contribution >= 0.6 is 11.8 Å². The van der Waals surface area contributed by atoms with Gasteiger partial charge in [0.2, 0.25) is 5.95 Å². The fourth-order valence-electron chi connectivity index (χ4n) is 7.13. The van der Waals surface area contributed by atoms with E-state index < -0.39 is 0 Å². The second kappa shape index (κ2) is 12.2. The molecule has 1 heterocycles. The molecule has 1 aromatic carbocycles. The van der Waals surface area contributed by atoms with E-state index in [9.17, 15) is 10.4 Å². The van der Waals surface area contributed by atoms with E-state index in [4.69, 9.17) is 4.98 Å². The van der Waals surface area contributed by atoms with Crippen molar-refractivity contribution in [1.82, 2.24) is 15.3 Å². The average molecular weight is 535 g/mol. The first-order chi connectivity index (χ1) is 18.5. The molecule has 38 heavy (non-hydrogen) atoms. The summed E-state index contributed by atoms with van der Waals surface area (Å²) in [6, 6.07) is 11.8. The normalized spacial score (nSPS) is 30.8. The van der Waals surface area contributed by atoms with E-state index in [1.807, 2.05) is 6.07 Å². The molecule has 3 aliphatic carbocycles. The molecule has 2 bridgehead atoms. The van der Waals surface area contributed by atoms with Crippen molar-refractivity contribution in [1.29, 1.82) is 5.26 Å². The first-order valence-electron chi connectivity index (χ1n) is 14.3. The fourth-order valence-corrected chi connectivity index (χ4v) is 7.75. The second-order valence-electron chi connectivity index (χ2n) is 12.0. The van der Waals surface area contributed by atoms with Gasteiger partial charge in [-0.15, -0.1) is 11.8 Å². The van der Waals surface area contributed by atoms with Crippen LogP contribution < -0.4 is 16.0 Å². The monoisotopic (exact) mass is 534 g/mol.